The zero-order valence-electron chi connectivity index (χ0n) is 14.3. The summed E-state index contributed by atoms with van der Waals surface area (Å²) in [6.45, 7) is 2.41. The topological polar surface area (TPSA) is 43.4 Å². The first-order valence-electron chi connectivity index (χ1n) is 8.64. The van der Waals surface area contributed by atoms with Crippen molar-refractivity contribution >= 4 is 10.1 Å². The van der Waals surface area contributed by atoms with Crippen LogP contribution in [-0.2, 0) is 27.1 Å². The van der Waals surface area contributed by atoms with Crippen LogP contribution < -0.4 is 0 Å². The number of unbranched alkanes of at least 4 members (excludes halogenated alkanes) is 2. The maximum absolute atomic E-state index is 12.0. The van der Waals surface area contributed by atoms with Crippen molar-refractivity contribution < 1.29 is 12.6 Å². The van der Waals surface area contributed by atoms with Crippen LogP contribution in [0.3, 0.4) is 0 Å². The summed E-state index contributed by atoms with van der Waals surface area (Å²) in [5.41, 5.74) is 2.60. The fraction of sp³-hybridized carbons (Fsp3) is 0.400. The van der Waals surface area contributed by atoms with Crippen molar-refractivity contribution in [2.45, 2.75) is 50.3 Å². The Kier molecular flexibility index (Phi) is 7.47. The van der Waals surface area contributed by atoms with Gasteiger partial charge in [-0.2, -0.15) is 8.42 Å². The van der Waals surface area contributed by atoms with Crippen LogP contribution in [0.1, 0.15) is 43.7 Å². The minimum atomic E-state index is -3.64. The second kappa shape index (κ2) is 9.60. The molecule has 0 aliphatic heterocycles. The lowest BCUT2D eigenvalue weighted by atomic mass is 10.0. The molecule has 130 valence electrons. The van der Waals surface area contributed by atoms with Crippen molar-refractivity contribution in [1.29, 1.82) is 0 Å². The molecule has 3 nitrogen and oxygen atoms in total. The van der Waals surface area contributed by atoms with Crippen LogP contribution in [0.25, 0.3) is 0 Å². The van der Waals surface area contributed by atoms with Crippen LogP contribution in [0.15, 0.2) is 59.5 Å². The van der Waals surface area contributed by atoms with Gasteiger partial charge in [0.25, 0.3) is 10.1 Å². The molecule has 0 amide bonds. The summed E-state index contributed by atoms with van der Waals surface area (Å²) >= 11 is 0. The van der Waals surface area contributed by atoms with Crippen LogP contribution in [0.4, 0.5) is 0 Å². The number of hydrogen-bond donors (Lipinski definition) is 0. The largest absolute Gasteiger partial charge is 0.296 e. The van der Waals surface area contributed by atoms with Crippen LogP contribution >= 0.6 is 0 Å². The molecule has 0 aliphatic carbocycles. The molecule has 0 atom stereocenters. The number of hydrogen-bond acceptors (Lipinski definition) is 3. The van der Waals surface area contributed by atoms with Crippen LogP contribution in [-0.4, -0.2) is 15.0 Å². The second-order valence-electron chi connectivity index (χ2n) is 5.97. The lowest BCUT2D eigenvalue weighted by molar-refractivity contribution is 0.312. The molecule has 0 fully saturated rings. The molecular weight excluding hydrogens is 320 g/mol. The van der Waals surface area contributed by atoms with Crippen molar-refractivity contribution in [2.75, 3.05) is 6.61 Å². The molecule has 0 aliphatic rings. The van der Waals surface area contributed by atoms with Crippen LogP contribution in [0.5, 0.6) is 0 Å². The van der Waals surface area contributed by atoms with E-state index in [1.165, 1.54) is 30.4 Å². The normalized spacial score (nSPS) is 11.5. The molecule has 2 rings (SSSR count). The maximum atomic E-state index is 12.0. The fourth-order valence-corrected chi connectivity index (χ4v) is 3.58. The molecule has 0 spiro atoms. The summed E-state index contributed by atoms with van der Waals surface area (Å²) in [6.07, 6.45) is 6.33. The van der Waals surface area contributed by atoms with Crippen molar-refractivity contribution in [3.8, 4) is 0 Å². The average Bonchev–Trinajstić information content (AvgIpc) is 2.60. The Labute approximate surface area is 145 Å². The monoisotopic (exact) mass is 346 g/mol. The van der Waals surface area contributed by atoms with E-state index in [0.717, 1.165) is 12.8 Å². The van der Waals surface area contributed by atoms with Gasteiger partial charge in [-0.1, -0.05) is 62.2 Å². The number of rotatable bonds is 10. The zero-order valence-corrected chi connectivity index (χ0v) is 15.1. The quantitative estimate of drug-likeness (QED) is 0.460. The predicted octanol–water partition coefficient (Wildman–Crippen LogP) is 4.76. The average molecular weight is 346 g/mol. The minimum Gasteiger partial charge on any atom is -0.266 e. The van der Waals surface area contributed by atoms with Gasteiger partial charge in [0.1, 0.15) is 0 Å². The van der Waals surface area contributed by atoms with Gasteiger partial charge in [-0.3, -0.25) is 4.18 Å². The zero-order chi connectivity index (χ0) is 17.3. The minimum absolute atomic E-state index is 0.206. The van der Waals surface area contributed by atoms with Gasteiger partial charge in [-0.05, 0) is 48.9 Å². The highest BCUT2D eigenvalue weighted by molar-refractivity contribution is 7.86. The number of benzene rings is 2. The Morgan fingerprint density at radius 1 is 0.833 bits per heavy atom. The molecule has 0 aromatic heterocycles. The smallest absolute Gasteiger partial charge is 0.266 e. The molecule has 2 aromatic carbocycles. The molecule has 0 bridgehead atoms. The van der Waals surface area contributed by atoms with E-state index < -0.39 is 10.1 Å². The molecular formula is C20H26O3S. The fourth-order valence-electron chi connectivity index (χ4n) is 2.62. The van der Waals surface area contributed by atoms with Gasteiger partial charge >= 0.3 is 0 Å². The van der Waals surface area contributed by atoms with Gasteiger partial charge in [0, 0.05) is 0 Å². The molecule has 24 heavy (non-hydrogen) atoms. The third kappa shape index (κ3) is 6.10. The van der Waals surface area contributed by atoms with Gasteiger partial charge in [-0.25, -0.2) is 0 Å². The third-order valence-corrected chi connectivity index (χ3v) is 5.27. The lowest BCUT2D eigenvalue weighted by Gasteiger charge is -2.07. The first kappa shape index (κ1) is 18.7. The predicted molar refractivity (Wildman–Crippen MR) is 97.6 cm³/mol. The molecule has 0 radical (unpaired) electrons. The summed E-state index contributed by atoms with van der Waals surface area (Å²) in [4.78, 5) is 0.211. The highest BCUT2D eigenvalue weighted by atomic mass is 32.2. The Morgan fingerprint density at radius 3 is 2.17 bits per heavy atom. The van der Waals surface area contributed by atoms with Gasteiger partial charge < -0.3 is 0 Å². The van der Waals surface area contributed by atoms with Crippen molar-refractivity contribution in [1.82, 2.24) is 0 Å². The Balaban J connectivity index is 1.79. The van der Waals surface area contributed by atoms with Gasteiger partial charge in [0.05, 0.1) is 11.5 Å². The highest BCUT2D eigenvalue weighted by Gasteiger charge is 2.13. The van der Waals surface area contributed by atoms with E-state index in [-0.39, 0.29) is 11.5 Å². The Morgan fingerprint density at radius 2 is 1.50 bits per heavy atom. The maximum Gasteiger partial charge on any atom is 0.296 e. The first-order valence-corrected chi connectivity index (χ1v) is 10.0. The molecule has 0 unspecified atom stereocenters. The summed E-state index contributed by atoms with van der Waals surface area (Å²) in [5.74, 6) is 0. The van der Waals surface area contributed by atoms with Crippen molar-refractivity contribution in [2.24, 2.45) is 0 Å². The van der Waals surface area contributed by atoms with E-state index in [2.05, 4.69) is 31.2 Å². The van der Waals surface area contributed by atoms with Crippen molar-refractivity contribution in [3.63, 3.8) is 0 Å². The summed E-state index contributed by atoms with van der Waals surface area (Å²) in [7, 11) is -3.64. The Bertz CT molecular complexity index is 709. The van der Waals surface area contributed by atoms with E-state index in [4.69, 9.17) is 4.18 Å². The molecule has 4 heteroatoms. The van der Waals surface area contributed by atoms with E-state index in [1.54, 1.807) is 30.3 Å². The van der Waals surface area contributed by atoms with Gasteiger partial charge in [0.2, 0.25) is 0 Å². The second-order valence-corrected chi connectivity index (χ2v) is 7.59. The van der Waals surface area contributed by atoms with Crippen LogP contribution in [0, 0.1) is 0 Å². The lowest BCUT2D eigenvalue weighted by Crippen LogP contribution is -2.08. The number of aryl methyl sites for hydroxylation is 2. The standard InChI is InChI=1S/C20H26O3S/c1-2-3-5-10-18-11-8-12-19(17-18)13-9-16-23-24(21,22)20-14-6-4-7-15-20/h4,6-8,11-12,14-15,17H,2-3,5,9-10,13,16H2,1H3. The summed E-state index contributed by atoms with van der Waals surface area (Å²) < 4.78 is 29.2. The highest BCUT2D eigenvalue weighted by Crippen LogP contribution is 2.14. The van der Waals surface area contributed by atoms with E-state index >= 15 is 0 Å². The van der Waals surface area contributed by atoms with Gasteiger partial charge in [0.15, 0.2) is 0 Å². The van der Waals surface area contributed by atoms with E-state index in [9.17, 15) is 8.42 Å². The Hall–Kier alpha value is -1.65. The molecule has 2 aromatic rings. The SMILES string of the molecule is CCCCCc1cccc(CCCOS(=O)(=O)c2ccccc2)c1. The molecule has 0 saturated carbocycles. The molecule has 0 heterocycles. The van der Waals surface area contributed by atoms with Crippen molar-refractivity contribution in [3.05, 3.63) is 65.7 Å². The summed E-state index contributed by atoms with van der Waals surface area (Å²) in [5, 5.41) is 0. The molecule has 0 N–H and O–H groups in total. The van der Waals surface area contributed by atoms with Crippen LogP contribution in [0.2, 0.25) is 0 Å². The first-order chi connectivity index (χ1) is 11.6. The van der Waals surface area contributed by atoms with E-state index in [1.807, 2.05) is 0 Å². The van der Waals surface area contributed by atoms with Gasteiger partial charge in [-0.15, -0.1) is 0 Å². The third-order valence-electron chi connectivity index (χ3n) is 3.94. The summed E-state index contributed by atoms with van der Waals surface area (Å²) in [6, 6.07) is 16.8. The van der Waals surface area contributed by atoms with E-state index in [0.29, 0.717) is 6.42 Å². The molecule has 0 saturated heterocycles.